The second kappa shape index (κ2) is 9.83. The van der Waals surface area contributed by atoms with Crippen molar-refractivity contribution in [3.05, 3.63) is 99.7 Å². The molecule has 6 heteroatoms. The summed E-state index contributed by atoms with van der Waals surface area (Å²) in [7, 11) is 0. The molecule has 0 unspecified atom stereocenters. The lowest BCUT2D eigenvalue weighted by molar-refractivity contribution is -0.123. The number of benzene rings is 3. The van der Waals surface area contributed by atoms with E-state index >= 15 is 0 Å². The maximum Gasteiger partial charge on any atom is 0.294 e. The molecule has 0 atom stereocenters. The van der Waals surface area contributed by atoms with E-state index in [2.05, 4.69) is 27.3 Å². The number of nitrogens with one attached hydrogen (secondary N) is 1. The molecular formula is C26H23BrN2O3. The van der Waals surface area contributed by atoms with E-state index in [1.807, 2.05) is 61.5 Å². The number of carbonyl (C=O) groups is 2. The van der Waals surface area contributed by atoms with Gasteiger partial charge in [0.25, 0.3) is 5.91 Å². The van der Waals surface area contributed by atoms with Crippen molar-refractivity contribution >= 4 is 39.5 Å². The average Bonchev–Trinajstić information content (AvgIpc) is 2.77. The van der Waals surface area contributed by atoms with Gasteiger partial charge in [0.05, 0.1) is 5.69 Å². The van der Waals surface area contributed by atoms with Crippen LogP contribution in [0.1, 0.15) is 16.7 Å². The molecule has 1 N–H and O–H groups in total. The lowest BCUT2D eigenvalue weighted by Crippen LogP contribution is -2.44. The zero-order valence-corrected chi connectivity index (χ0v) is 19.3. The van der Waals surface area contributed by atoms with E-state index in [-0.39, 0.29) is 24.1 Å². The van der Waals surface area contributed by atoms with Crippen molar-refractivity contribution in [1.29, 1.82) is 0 Å². The zero-order chi connectivity index (χ0) is 22.5. The highest BCUT2D eigenvalue weighted by atomic mass is 79.9. The quantitative estimate of drug-likeness (QED) is 0.500. The number of rotatable bonds is 6. The fraction of sp³-hybridized carbons (Fsp3) is 0.154. The van der Waals surface area contributed by atoms with Crippen molar-refractivity contribution in [3.63, 3.8) is 0 Å². The molecule has 1 aliphatic rings. The topological polar surface area (TPSA) is 58.6 Å². The molecule has 32 heavy (non-hydrogen) atoms. The molecular weight excluding hydrogens is 468 g/mol. The minimum atomic E-state index is -0.350. The molecule has 0 saturated carbocycles. The van der Waals surface area contributed by atoms with E-state index in [4.69, 9.17) is 4.74 Å². The number of anilines is 1. The van der Waals surface area contributed by atoms with Crippen LogP contribution in [0.15, 0.2) is 83.0 Å². The van der Waals surface area contributed by atoms with Gasteiger partial charge in [0.15, 0.2) is 11.5 Å². The molecule has 2 amide bonds. The van der Waals surface area contributed by atoms with Gasteiger partial charge in [-0.25, -0.2) is 0 Å². The van der Waals surface area contributed by atoms with E-state index < -0.39 is 0 Å². The van der Waals surface area contributed by atoms with Crippen molar-refractivity contribution in [2.45, 2.75) is 13.3 Å². The largest absolute Gasteiger partial charge is 0.449 e. The van der Waals surface area contributed by atoms with E-state index in [0.717, 1.165) is 22.0 Å². The minimum absolute atomic E-state index is 0.0805. The summed E-state index contributed by atoms with van der Waals surface area (Å²) in [4.78, 5) is 27.3. The Morgan fingerprint density at radius 3 is 2.69 bits per heavy atom. The number of halogens is 1. The van der Waals surface area contributed by atoms with Crippen LogP contribution in [0.3, 0.4) is 0 Å². The molecule has 0 spiro atoms. The van der Waals surface area contributed by atoms with Gasteiger partial charge in [-0.1, -0.05) is 70.0 Å². The standard InChI is InChI=1S/C26H23BrN2O3/c1-18-6-4-7-19(14-18)12-13-28-25(30)17-29-22-10-2-3-11-23(22)32-24(26(29)31)16-20-8-5-9-21(27)15-20/h2-11,14-16H,12-13,17H2,1H3,(H,28,30). The van der Waals surface area contributed by atoms with E-state index in [1.165, 1.54) is 10.5 Å². The van der Waals surface area contributed by atoms with Crippen LogP contribution in [-0.2, 0) is 16.0 Å². The smallest absolute Gasteiger partial charge is 0.294 e. The second-order valence-corrected chi connectivity index (χ2v) is 8.53. The molecule has 162 valence electrons. The Morgan fingerprint density at radius 1 is 1.06 bits per heavy atom. The van der Waals surface area contributed by atoms with Crippen molar-refractivity contribution < 1.29 is 14.3 Å². The van der Waals surface area contributed by atoms with Crippen LogP contribution >= 0.6 is 15.9 Å². The highest BCUT2D eigenvalue weighted by Gasteiger charge is 2.31. The molecule has 0 fully saturated rings. The molecule has 0 saturated heterocycles. The van der Waals surface area contributed by atoms with Crippen molar-refractivity contribution in [1.82, 2.24) is 5.32 Å². The van der Waals surface area contributed by atoms with Gasteiger partial charge in [0, 0.05) is 11.0 Å². The Morgan fingerprint density at radius 2 is 1.88 bits per heavy atom. The maximum absolute atomic E-state index is 13.2. The van der Waals surface area contributed by atoms with Gasteiger partial charge < -0.3 is 10.1 Å². The number of hydrogen-bond acceptors (Lipinski definition) is 3. The third-order valence-corrected chi connectivity index (χ3v) is 5.59. The van der Waals surface area contributed by atoms with E-state index in [1.54, 1.807) is 18.2 Å². The molecule has 0 radical (unpaired) electrons. The lowest BCUT2D eigenvalue weighted by atomic mass is 10.1. The summed E-state index contributed by atoms with van der Waals surface area (Å²) < 4.78 is 6.78. The van der Waals surface area contributed by atoms with E-state index in [9.17, 15) is 9.59 Å². The zero-order valence-electron chi connectivity index (χ0n) is 17.7. The third-order valence-electron chi connectivity index (χ3n) is 5.10. The van der Waals surface area contributed by atoms with Gasteiger partial charge in [-0.2, -0.15) is 0 Å². The molecule has 1 heterocycles. The number of nitrogens with zero attached hydrogens (tertiary/aromatic N) is 1. The van der Waals surface area contributed by atoms with Crippen molar-refractivity contribution in [2.75, 3.05) is 18.0 Å². The Bertz CT molecular complexity index is 1190. The SMILES string of the molecule is Cc1cccc(CCNC(=O)CN2C(=O)C(=Cc3cccc(Br)c3)Oc3ccccc32)c1. The van der Waals surface area contributed by atoms with Gasteiger partial charge in [-0.3, -0.25) is 14.5 Å². The number of ether oxygens (including phenoxy) is 1. The van der Waals surface area contributed by atoms with Crippen LogP contribution < -0.4 is 15.0 Å². The summed E-state index contributed by atoms with van der Waals surface area (Å²) in [6.45, 7) is 2.47. The highest BCUT2D eigenvalue weighted by Crippen LogP contribution is 2.35. The Balaban J connectivity index is 1.48. The molecule has 4 rings (SSSR count). The summed E-state index contributed by atoms with van der Waals surface area (Å²) in [6.07, 6.45) is 2.42. The van der Waals surface area contributed by atoms with Crippen LogP contribution in [0, 0.1) is 6.92 Å². The number of hydrogen-bond donors (Lipinski definition) is 1. The molecule has 3 aromatic carbocycles. The average molecular weight is 491 g/mol. The van der Waals surface area contributed by atoms with Gasteiger partial charge in [-0.15, -0.1) is 0 Å². The first-order valence-electron chi connectivity index (χ1n) is 10.4. The fourth-order valence-corrected chi connectivity index (χ4v) is 4.00. The predicted molar refractivity (Wildman–Crippen MR) is 129 cm³/mol. The first-order valence-corrected chi connectivity index (χ1v) is 11.2. The number of carbonyl (C=O) groups excluding carboxylic acids is 2. The van der Waals surface area contributed by atoms with Crippen molar-refractivity contribution in [2.24, 2.45) is 0 Å². The molecule has 3 aromatic rings. The summed E-state index contributed by atoms with van der Waals surface area (Å²) in [5.74, 6) is 0.150. The Kier molecular flexibility index (Phi) is 6.71. The van der Waals surface area contributed by atoms with Crippen LogP contribution in [0.25, 0.3) is 6.08 Å². The summed E-state index contributed by atoms with van der Waals surface area (Å²) in [6, 6.07) is 23.0. The Labute approximate surface area is 195 Å². The fourth-order valence-electron chi connectivity index (χ4n) is 3.58. The molecule has 0 bridgehead atoms. The van der Waals surface area contributed by atoms with E-state index in [0.29, 0.717) is 18.0 Å². The third kappa shape index (κ3) is 5.26. The minimum Gasteiger partial charge on any atom is -0.449 e. The van der Waals surface area contributed by atoms with Crippen molar-refractivity contribution in [3.8, 4) is 5.75 Å². The Hall–Kier alpha value is -3.38. The van der Waals surface area contributed by atoms with Crippen LogP contribution in [0.4, 0.5) is 5.69 Å². The number of amides is 2. The predicted octanol–water partition coefficient (Wildman–Crippen LogP) is 4.88. The van der Waals surface area contributed by atoms with Gasteiger partial charge in [0.1, 0.15) is 6.54 Å². The van der Waals surface area contributed by atoms with Crippen LogP contribution in [0.2, 0.25) is 0 Å². The van der Waals surface area contributed by atoms with Gasteiger partial charge >= 0.3 is 0 Å². The molecule has 0 aliphatic carbocycles. The molecule has 1 aliphatic heterocycles. The molecule has 5 nitrogen and oxygen atoms in total. The van der Waals surface area contributed by atoms with Crippen LogP contribution in [0.5, 0.6) is 5.75 Å². The number of para-hydroxylation sites is 2. The monoisotopic (exact) mass is 490 g/mol. The normalized spacial score (nSPS) is 14.1. The summed E-state index contributed by atoms with van der Waals surface area (Å²) in [5, 5.41) is 2.92. The second-order valence-electron chi connectivity index (χ2n) is 7.61. The van der Waals surface area contributed by atoms with Gasteiger partial charge in [-0.05, 0) is 54.8 Å². The maximum atomic E-state index is 13.2. The van der Waals surface area contributed by atoms with Gasteiger partial charge in [0.2, 0.25) is 5.91 Å². The highest BCUT2D eigenvalue weighted by molar-refractivity contribution is 9.10. The lowest BCUT2D eigenvalue weighted by Gasteiger charge is -2.30. The summed E-state index contributed by atoms with van der Waals surface area (Å²) >= 11 is 3.44. The molecule has 0 aromatic heterocycles. The summed E-state index contributed by atoms with van der Waals surface area (Å²) in [5.41, 5.74) is 3.76. The first kappa shape index (κ1) is 21.8. The first-order chi connectivity index (χ1) is 15.5. The van der Waals surface area contributed by atoms with Crippen LogP contribution in [-0.4, -0.2) is 24.9 Å². The number of fused-ring (bicyclic) bond motifs is 1. The number of aryl methyl sites for hydroxylation is 1.